The molecule has 1 aromatic rings. The minimum Gasteiger partial charge on any atom is -0.407 e. The normalized spacial score (nSPS) is 11.8. The van der Waals surface area contributed by atoms with Crippen molar-refractivity contribution in [2.45, 2.75) is 32.9 Å². The molecule has 0 bridgehead atoms. The third-order valence-electron chi connectivity index (χ3n) is 2.56. The first-order chi connectivity index (χ1) is 7.51. The van der Waals surface area contributed by atoms with Crippen LogP contribution in [0.5, 0.6) is 0 Å². The van der Waals surface area contributed by atoms with Gasteiger partial charge in [0.1, 0.15) is 0 Å². The molecule has 6 heteroatoms. The Hall–Kier alpha value is -1.14. The van der Waals surface area contributed by atoms with Gasteiger partial charge in [0.15, 0.2) is 0 Å². The molecule has 0 spiro atoms. The summed E-state index contributed by atoms with van der Waals surface area (Å²) in [6, 6.07) is 0.423. The molecule has 1 heterocycles. The molecule has 0 unspecified atom stereocenters. The fraction of sp³-hybridized carbons (Fsp3) is 0.800. The maximum Gasteiger partial charge on any atom is 0.318 e. The first-order valence-corrected chi connectivity index (χ1v) is 5.39. The van der Waals surface area contributed by atoms with E-state index < -0.39 is 5.54 Å². The zero-order chi connectivity index (χ0) is 12.2. The fourth-order valence-electron chi connectivity index (χ4n) is 1.05. The number of anilines is 1. The predicted molar refractivity (Wildman–Crippen MR) is 61.2 cm³/mol. The predicted octanol–water partition coefficient (Wildman–Crippen LogP) is 0.386. The number of nitrogens with one attached hydrogen (secondary N) is 1. The molecule has 0 amide bonds. The van der Waals surface area contributed by atoms with E-state index in [0.29, 0.717) is 18.5 Å². The van der Waals surface area contributed by atoms with Crippen LogP contribution in [0.3, 0.4) is 0 Å². The maximum atomic E-state index is 9.23. The van der Waals surface area contributed by atoms with Gasteiger partial charge in [0, 0.05) is 7.05 Å². The standard InChI is InChI=1S/C10H20N4O2/c1-5-11-6-8-12-13-9(16-8)14(4)10(2,3)7-15/h11,15H,5-7H2,1-4H3. The number of likely N-dealkylation sites (N-methyl/N-ethyl adjacent to an activating group) is 1. The highest BCUT2D eigenvalue weighted by Crippen LogP contribution is 2.20. The maximum absolute atomic E-state index is 9.23. The van der Waals surface area contributed by atoms with E-state index >= 15 is 0 Å². The molecule has 16 heavy (non-hydrogen) atoms. The van der Waals surface area contributed by atoms with Gasteiger partial charge in [-0.05, 0) is 20.4 Å². The van der Waals surface area contributed by atoms with Gasteiger partial charge in [0.2, 0.25) is 5.89 Å². The second kappa shape index (κ2) is 5.27. The summed E-state index contributed by atoms with van der Waals surface area (Å²) in [5.41, 5.74) is -0.415. The van der Waals surface area contributed by atoms with Crippen molar-refractivity contribution >= 4 is 6.01 Å². The minimum atomic E-state index is -0.415. The van der Waals surface area contributed by atoms with Gasteiger partial charge >= 0.3 is 6.01 Å². The van der Waals surface area contributed by atoms with Crippen LogP contribution in [0.1, 0.15) is 26.7 Å². The van der Waals surface area contributed by atoms with E-state index in [1.165, 1.54) is 0 Å². The molecule has 0 aliphatic carbocycles. The van der Waals surface area contributed by atoms with Crippen molar-refractivity contribution in [3.05, 3.63) is 5.89 Å². The summed E-state index contributed by atoms with van der Waals surface area (Å²) in [6.07, 6.45) is 0. The van der Waals surface area contributed by atoms with Crippen LogP contribution in [-0.2, 0) is 6.54 Å². The topological polar surface area (TPSA) is 74.4 Å². The Morgan fingerprint density at radius 3 is 2.69 bits per heavy atom. The summed E-state index contributed by atoms with van der Waals surface area (Å²) in [5.74, 6) is 0.553. The van der Waals surface area contributed by atoms with E-state index in [2.05, 4.69) is 15.5 Å². The molecular weight excluding hydrogens is 208 g/mol. The third-order valence-corrected chi connectivity index (χ3v) is 2.56. The van der Waals surface area contributed by atoms with Crippen LogP contribution in [0.2, 0.25) is 0 Å². The van der Waals surface area contributed by atoms with Crippen LogP contribution < -0.4 is 10.2 Å². The second-order valence-corrected chi connectivity index (χ2v) is 4.29. The molecule has 0 saturated heterocycles. The highest BCUT2D eigenvalue weighted by atomic mass is 16.4. The lowest BCUT2D eigenvalue weighted by Gasteiger charge is -2.31. The molecule has 1 rings (SSSR count). The number of hydrogen-bond donors (Lipinski definition) is 2. The van der Waals surface area contributed by atoms with Crippen LogP contribution in [0.15, 0.2) is 4.42 Å². The van der Waals surface area contributed by atoms with Gasteiger partial charge in [0.25, 0.3) is 0 Å². The molecule has 0 aromatic carbocycles. The average Bonchev–Trinajstić information content (AvgIpc) is 2.73. The highest BCUT2D eigenvalue weighted by molar-refractivity contribution is 5.27. The summed E-state index contributed by atoms with van der Waals surface area (Å²) in [6.45, 7) is 7.27. The van der Waals surface area contributed by atoms with Crippen molar-refractivity contribution in [3.8, 4) is 0 Å². The van der Waals surface area contributed by atoms with E-state index in [1.54, 1.807) is 4.90 Å². The average molecular weight is 228 g/mol. The molecule has 0 radical (unpaired) electrons. The SMILES string of the molecule is CCNCc1nnc(N(C)C(C)(C)CO)o1. The van der Waals surface area contributed by atoms with Crippen LogP contribution in [0.4, 0.5) is 6.01 Å². The Labute approximate surface area is 95.7 Å². The van der Waals surface area contributed by atoms with Gasteiger partial charge in [0.05, 0.1) is 18.7 Å². The van der Waals surface area contributed by atoms with E-state index in [1.807, 2.05) is 27.8 Å². The molecular formula is C10H20N4O2. The van der Waals surface area contributed by atoms with Crippen LogP contribution in [-0.4, -0.2) is 41.0 Å². The number of nitrogens with zero attached hydrogens (tertiary/aromatic N) is 3. The molecule has 0 atom stereocenters. The van der Waals surface area contributed by atoms with E-state index in [-0.39, 0.29) is 6.61 Å². The lowest BCUT2D eigenvalue weighted by Crippen LogP contribution is -2.44. The Kier molecular flexibility index (Phi) is 4.26. The van der Waals surface area contributed by atoms with Crippen molar-refractivity contribution in [2.75, 3.05) is 25.1 Å². The largest absolute Gasteiger partial charge is 0.407 e. The van der Waals surface area contributed by atoms with E-state index in [9.17, 15) is 5.11 Å². The van der Waals surface area contributed by atoms with Crippen molar-refractivity contribution in [1.29, 1.82) is 0 Å². The summed E-state index contributed by atoms with van der Waals surface area (Å²) >= 11 is 0. The number of aliphatic hydroxyl groups is 1. The number of aliphatic hydroxyl groups excluding tert-OH is 1. The Morgan fingerprint density at radius 2 is 2.12 bits per heavy atom. The van der Waals surface area contributed by atoms with Crippen molar-refractivity contribution in [2.24, 2.45) is 0 Å². The minimum absolute atomic E-state index is 0.0222. The van der Waals surface area contributed by atoms with Gasteiger partial charge in [-0.1, -0.05) is 12.0 Å². The zero-order valence-electron chi connectivity index (χ0n) is 10.3. The molecule has 0 fully saturated rings. The van der Waals surface area contributed by atoms with Crippen LogP contribution >= 0.6 is 0 Å². The Bertz CT molecular complexity index is 324. The summed E-state index contributed by atoms with van der Waals surface area (Å²) in [4.78, 5) is 1.77. The lowest BCUT2D eigenvalue weighted by atomic mass is 10.1. The molecule has 2 N–H and O–H groups in total. The third kappa shape index (κ3) is 2.93. The molecule has 0 aliphatic rings. The second-order valence-electron chi connectivity index (χ2n) is 4.29. The van der Waals surface area contributed by atoms with Gasteiger partial charge < -0.3 is 19.7 Å². The number of hydrogen-bond acceptors (Lipinski definition) is 6. The number of aromatic nitrogens is 2. The quantitative estimate of drug-likeness (QED) is 0.733. The van der Waals surface area contributed by atoms with Gasteiger partial charge in [-0.3, -0.25) is 0 Å². The van der Waals surface area contributed by atoms with Crippen LogP contribution in [0.25, 0.3) is 0 Å². The highest BCUT2D eigenvalue weighted by Gasteiger charge is 2.26. The van der Waals surface area contributed by atoms with E-state index in [0.717, 1.165) is 6.54 Å². The fourth-order valence-corrected chi connectivity index (χ4v) is 1.05. The van der Waals surface area contributed by atoms with E-state index in [4.69, 9.17) is 4.42 Å². The Morgan fingerprint density at radius 1 is 1.44 bits per heavy atom. The first-order valence-electron chi connectivity index (χ1n) is 5.39. The Balaban J connectivity index is 2.70. The smallest absolute Gasteiger partial charge is 0.318 e. The monoisotopic (exact) mass is 228 g/mol. The summed E-state index contributed by atoms with van der Waals surface area (Å²) < 4.78 is 5.47. The zero-order valence-corrected chi connectivity index (χ0v) is 10.3. The summed E-state index contributed by atoms with van der Waals surface area (Å²) in [5, 5.41) is 20.2. The molecule has 0 saturated carbocycles. The molecule has 92 valence electrons. The van der Waals surface area contributed by atoms with Crippen molar-refractivity contribution < 1.29 is 9.52 Å². The summed E-state index contributed by atoms with van der Waals surface area (Å²) in [7, 11) is 1.82. The lowest BCUT2D eigenvalue weighted by molar-refractivity contribution is 0.211. The first kappa shape index (κ1) is 12.9. The molecule has 1 aromatic heterocycles. The number of rotatable bonds is 6. The van der Waals surface area contributed by atoms with Gasteiger partial charge in [-0.15, -0.1) is 5.10 Å². The van der Waals surface area contributed by atoms with Crippen molar-refractivity contribution in [3.63, 3.8) is 0 Å². The molecule has 0 aliphatic heterocycles. The van der Waals surface area contributed by atoms with Crippen LogP contribution in [0, 0.1) is 0 Å². The molecule has 6 nitrogen and oxygen atoms in total. The van der Waals surface area contributed by atoms with Crippen molar-refractivity contribution in [1.82, 2.24) is 15.5 Å². The van der Waals surface area contributed by atoms with Gasteiger partial charge in [-0.2, -0.15) is 0 Å². The van der Waals surface area contributed by atoms with Gasteiger partial charge in [-0.25, -0.2) is 0 Å².